The Morgan fingerprint density at radius 2 is 1.88 bits per heavy atom. The highest BCUT2D eigenvalue weighted by molar-refractivity contribution is 9.10. The monoisotopic (exact) mass is 391 g/mol. The van der Waals surface area contributed by atoms with Crippen molar-refractivity contribution < 1.29 is 9.53 Å². The van der Waals surface area contributed by atoms with Crippen molar-refractivity contribution in [2.24, 2.45) is 0 Å². The van der Waals surface area contributed by atoms with Crippen LogP contribution < -0.4 is 31.8 Å². The van der Waals surface area contributed by atoms with E-state index in [1.54, 1.807) is 7.11 Å². The summed E-state index contributed by atoms with van der Waals surface area (Å²) in [6.45, 7) is 0. The highest BCUT2D eigenvalue weighted by atomic mass is 79.9. The van der Waals surface area contributed by atoms with Gasteiger partial charge in [-0.25, -0.2) is 10.9 Å². The average Bonchev–Trinajstić information content (AvgIpc) is 3.06. The lowest BCUT2D eigenvalue weighted by Gasteiger charge is -2.20. The number of hydrazine groups is 2. The number of hydrogen-bond donors (Lipinski definition) is 5. The van der Waals surface area contributed by atoms with E-state index in [1.807, 2.05) is 48.5 Å². The molecule has 24 heavy (non-hydrogen) atoms. The summed E-state index contributed by atoms with van der Waals surface area (Å²) in [6, 6.07) is 14.5. The van der Waals surface area contributed by atoms with Crippen LogP contribution in [0.1, 0.15) is 0 Å². The summed E-state index contributed by atoms with van der Waals surface area (Å²) in [7, 11) is 1.62. The van der Waals surface area contributed by atoms with Gasteiger partial charge in [0.05, 0.1) is 12.8 Å². The first-order valence-corrected chi connectivity index (χ1v) is 8.19. The minimum atomic E-state index is -0.501. The molecule has 3 rings (SSSR count). The van der Waals surface area contributed by atoms with Crippen LogP contribution in [0.15, 0.2) is 53.0 Å². The van der Waals surface area contributed by atoms with Gasteiger partial charge in [-0.05, 0) is 52.3 Å². The zero-order chi connectivity index (χ0) is 16.9. The van der Waals surface area contributed by atoms with Crippen LogP contribution in [-0.4, -0.2) is 25.2 Å². The molecule has 1 saturated heterocycles. The molecule has 2 unspecified atom stereocenters. The first kappa shape index (κ1) is 16.7. The van der Waals surface area contributed by atoms with Crippen LogP contribution in [0, 0.1) is 0 Å². The van der Waals surface area contributed by atoms with Gasteiger partial charge in [0.2, 0.25) is 5.91 Å². The van der Waals surface area contributed by atoms with Gasteiger partial charge in [-0.2, -0.15) is 5.53 Å². The van der Waals surface area contributed by atoms with E-state index in [0.717, 1.165) is 21.6 Å². The molecule has 1 aliphatic heterocycles. The lowest BCUT2D eigenvalue weighted by molar-refractivity contribution is -0.118. The van der Waals surface area contributed by atoms with Crippen LogP contribution >= 0.6 is 15.9 Å². The Morgan fingerprint density at radius 1 is 1.12 bits per heavy atom. The molecule has 0 spiro atoms. The number of anilines is 2. The Balaban J connectivity index is 1.66. The molecule has 0 aromatic heterocycles. The van der Waals surface area contributed by atoms with E-state index in [1.165, 1.54) is 0 Å². The molecule has 1 aliphatic rings. The molecule has 8 heteroatoms. The van der Waals surface area contributed by atoms with Crippen LogP contribution in [-0.2, 0) is 4.79 Å². The summed E-state index contributed by atoms with van der Waals surface area (Å²) in [4.78, 5) is 12.5. The Hall–Kier alpha value is -2.13. The summed E-state index contributed by atoms with van der Waals surface area (Å²) >= 11 is 3.42. The zero-order valence-corrected chi connectivity index (χ0v) is 14.6. The van der Waals surface area contributed by atoms with E-state index in [-0.39, 0.29) is 12.1 Å². The number of benzene rings is 2. The molecule has 2 aromatic rings. The smallest absolute Gasteiger partial charge is 0.246 e. The number of carbonyl (C=O) groups excluding carboxylic acids is 1. The molecular formula is C16H18BrN5O2. The number of methoxy groups -OCH3 is 1. The third-order valence-corrected chi connectivity index (χ3v) is 4.31. The van der Waals surface area contributed by atoms with Gasteiger partial charge < -0.3 is 15.4 Å². The first-order chi connectivity index (χ1) is 11.7. The zero-order valence-electron chi connectivity index (χ0n) is 13.0. The van der Waals surface area contributed by atoms with Crippen molar-refractivity contribution in [3.8, 4) is 5.75 Å². The molecule has 0 radical (unpaired) electrons. The van der Waals surface area contributed by atoms with Gasteiger partial charge in [0.25, 0.3) is 0 Å². The number of halogens is 1. The second-order valence-corrected chi connectivity index (χ2v) is 6.07. The maximum Gasteiger partial charge on any atom is 0.246 e. The van der Waals surface area contributed by atoms with Gasteiger partial charge in [0, 0.05) is 10.2 Å². The van der Waals surface area contributed by atoms with Crippen molar-refractivity contribution in [3.05, 3.63) is 53.0 Å². The van der Waals surface area contributed by atoms with Crippen molar-refractivity contribution in [2.75, 3.05) is 17.7 Å². The Kier molecular flexibility index (Phi) is 5.31. The van der Waals surface area contributed by atoms with Crippen LogP contribution in [0.3, 0.4) is 0 Å². The Bertz CT molecular complexity index is 710. The van der Waals surface area contributed by atoms with E-state index in [4.69, 9.17) is 4.74 Å². The number of para-hydroxylation sites is 1. The van der Waals surface area contributed by atoms with Gasteiger partial charge in [0.1, 0.15) is 18.0 Å². The van der Waals surface area contributed by atoms with Crippen LogP contribution in [0.5, 0.6) is 5.75 Å². The summed E-state index contributed by atoms with van der Waals surface area (Å²) in [5, 5.41) is 6.16. The van der Waals surface area contributed by atoms with E-state index >= 15 is 0 Å². The average molecular weight is 392 g/mol. The fourth-order valence-electron chi connectivity index (χ4n) is 2.34. The van der Waals surface area contributed by atoms with E-state index in [9.17, 15) is 4.79 Å². The maximum atomic E-state index is 12.5. The van der Waals surface area contributed by atoms with E-state index in [0.29, 0.717) is 0 Å². The molecule has 126 valence electrons. The number of rotatable bonds is 5. The van der Waals surface area contributed by atoms with Crippen molar-refractivity contribution in [2.45, 2.75) is 12.2 Å². The predicted molar refractivity (Wildman–Crippen MR) is 96.4 cm³/mol. The summed E-state index contributed by atoms with van der Waals surface area (Å²) in [6.07, 6.45) is -0.319. The lowest BCUT2D eigenvalue weighted by Crippen LogP contribution is -2.47. The Labute approximate surface area is 148 Å². The van der Waals surface area contributed by atoms with Crippen molar-refractivity contribution >= 4 is 33.2 Å². The predicted octanol–water partition coefficient (Wildman–Crippen LogP) is 1.82. The molecule has 2 atom stereocenters. The van der Waals surface area contributed by atoms with Gasteiger partial charge in [-0.1, -0.05) is 12.1 Å². The molecule has 1 fully saturated rings. The molecule has 0 saturated carbocycles. The summed E-state index contributed by atoms with van der Waals surface area (Å²) in [5.74, 6) is 0.616. The molecule has 1 amide bonds. The number of ether oxygens (including phenoxy) is 1. The molecule has 0 bridgehead atoms. The molecule has 0 aliphatic carbocycles. The summed E-state index contributed by atoms with van der Waals surface area (Å²) in [5.41, 5.74) is 10.3. The molecule has 5 N–H and O–H groups in total. The normalized spacial score (nSPS) is 19.8. The molecule has 7 nitrogen and oxygen atoms in total. The third-order valence-electron chi connectivity index (χ3n) is 3.62. The second kappa shape index (κ2) is 7.63. The van der Waals surface area contributed by atoms with Gasteiger partial charge in [-0.15, -0.1) is 0 Å². The number of hydrogen-bond acceptors (Lipinski definition) is 6. The quantitative estimate of drug-likeness (QED) is 0.534. The van der Waals surface area contributed by atoms with E-state index < -0.39 is 6.04 Å². The lowest BCUT2D eigenvalue weighted by atomic mass is 10.2. The fourth-order valence-corrected chi connectivity index (χ4v) is 2.72. The van der Waals surface area contributed by atoms with Crippen molar-refractivity contribution in [3.63, 3.8) is 0 Å². The Morgan fingerprint density at radius 3 is 2.58 bits per heavy atom. The SMILES string of the molecule is COc1ccc(NC2NNNC2C(=O)Nc2ccccc2Br)cc1. The number of nitrogens with one attached hydrogen (secondary N) is 5. The minimum Gasteiger partial charge on any atom is -0.497 e. The number of amides is 1. The molecule has 1 heterocycles. The van der Waals surface area contributed by atoms with Gasteiger partial charge in [0.15, 0.2) is 0 Å². The van der Waals surface area contributed by atoms with Crippen molar-refractivity contribution in [1.82, 2.24) is 16.4 Å². The number of carbonyl (C=O) groups is 1. The van der Waals surface area contributed by atoms with Crippen LogP contribution in [0.4, 0.5) is 11.4 Å². The second-order valence-electron chi connectivity index (χ2n) is 5.21. The maximum absolute atomic E-state index is 12.5. The minimum absolute atomic E-state index is 0.162. The fraction of sp³-hybridized carbons (Fsp3) is 0.188. The van der Waals surface area contributed by atoms with Gasteiger partial charge in [-0.3, -0.25) is 4.79 Å². The summed E-state index contributed by atoms with van der Waals surface area (Å²) < 4.78 is 5.97. The standard InChI is InChI=1S/C16H18BrN5O2/c1-24-11-8-6-10(7-9-11)18-15-14(20-22-21-15)16(23)19-13-5-3-2-4-12(13)17/h2-9,14-15,18,20-22H,1H3,(H,19,23). The van der Waals surface area contributed by atoms with Gasteiger partial charge >= 0.3 is 0 Å². The highest BCUT2D eigenvalue weighted by Crippen LogP contribution is 2.22. The van der Waals surface area contributed by atoms with Crippen LogP contribution in [0.2, 0.25) is 0 Å². The van der Waals surface area contributed by atoms with Crippen LogP contribution in [0.25, 0.3) is 0 Å². The van der Waals surface area contributed by atoms with E-state index in [2.05, 4.69) is 42.9 Å². The third kappa shape index (κ3) is 3.85. The molecule has 2 aromatic carbocycles. The highest BCUT2D eigenvalue weighted by Gasteiger charge is 2.33. The molecular weight excluding hydrogens is 374 g/mol. The topological polar surface area (TPSA) is 86.5 Å². The first-order valence-electron chi connectivity index (χ1n) is 7.39. The largest absolute Gasteiger partial charge is 0.497 e. The van der Waals surface area contributed by atoms with Crippen molar-refractivity contribution in [1.29, 1.82) is 0 Å².